The van der Waals surface area contributed by atoms with Crippen molar-refractivity contribution in [3.63, 3.8) is 0 Å². The van der Waals surface area contributed by atoms with E-state index in [9.17, 15) is 0 Å². The molecule has 61 valence electrons. The van der Waals surface area contributed by atoms with Gasteiger partial charge in [0.05, 0.1) is 0 Å². The van der Waals surface area contributed by atoms with Gasteiger partial charge in [0.1, 0.15) is 0 Å². The molecule has 0 saturated carbocycles. The SMILES string of the molecule is BrCCC1C=Cc2ccc[c]c21. The van der Waals surface area contributed by atoms with Crippen molar-refractivity contribution in [3.05, 3.63) is 41.5 Å². The first-order chi connectivity index (χ1) is 5.92. The van der Waals surface area contributed by atoms with Gasteiger partial charge in [0.15, 0.2) is 0 Å². The summed E-state index contributed by atoms with van der Waals surface area (Å²) in [4.78, 5) is 0. The molecule has 1 radical (unpaired) electrons. The number of hydrogen-bond donors (Lipinski definition) is 0. The lowest BCUT2D eigenvalue weighted by Gasteiger charge is -2.07. The van der Waals surface area contributed by atoms with Crippen molar-refractivity contribution < 1.29 is 0 Å². The van der Waals surface area contributed by atoms with Crippen molar-refractivity contribution in [1.29, 1.82) is 0 Å². The molecule has 1 heteroatoms. The summed E-state index contributed by atoms with van der Waals surface area (Å²) >= 11 is 3.46. The van der Waals surface area contributed by atoms with E-state index in [1.54, 1.807) is 0 Å². The van der Waals surface area contributed by atoms with E-state index in [2.05, 4.69) is 40.2 Å². The fourth-order valence-corrected chi connectivity index (χ4v) is 2.10. The number of hydrogen-bond acceptors (Lipinski definition) is 0. The van der Waals surface area contributed by atoms with E-state index in [4.69, 9.17) is 0 Å². The summed E-state index contributed by atoms with van der Waals surface area (Å²) < 4.78 is 0. The molecule has 2 rings (SSSR count). The molecule has 0 aliphatic heterocycles. The van der Waals surface area contributed by atoms with E-state index in [0.29, 0.717) is 5.92 Å². The van der Waals surface area contributed by atoms with Crippen LogP contribution < -0.4 is 0 Å². The van der Waals surface area contributed by atoms with Crippen molar-refractivity contribution in [2.24, 2.45) is 0 Å². The molecule has 0 saturated heterocycles. The highest BCUT2D eigenvalue weighted by molar-refractivity contribution is 9.09. The molecule has 0 N–H and O–H groups in total. The molecule has 0 spiro atoms. The minimum absolute atomic E-state index is 0.584. The molecule has 0 nitrogen and oxygen atoms in total. The maximum Gasteiger partial charge on any atom is 0.00413 e. The van der Waals surface area contributed by atoms with Crippen molar-refractivity contribution in [2.75, 3.05) is 5.33 Å². The monoisotopic (exact) mass is 221 g/mol. The average molecular weight is 222 g/mol. The highest BCUT2D eigenvalue weighted by atomic mass is 79.9. The van der Waals surface area contributed by atoms with Crippen molar-refractivity contribution >= 4 is 22.0 Å². The maximum atomic E-state index is 3.46. The fourth-order valence-electron chi connectivity index (χ4n) is 1.60. The lowest BCUT2D eigenvalue weighted by atomic mass is 9.99. The van der Waals surface area contributed by atoms with Crippen LogP contribution in [0.25, 0.3) is 6.08 Å². The second-order valence-corrected chi connectivity index (χ2v) is 3.78. The molecule has 1 aromatic carbocycles. The first kappa shape index (κ1) is 8.06. The summed E-state index contributed by atoms with van der Waals surface area (Å²) in [6.45, 7) is 0. The normalized spacial score (nSPS) is 19.6. The third-order valence-corrected chi connectivity index (χ3v) is 2.68. The molecular weight excluding hydrogens is 212 g/mol. The van der Waals surface area contributed by atoms with Gasteiger partial charge >= 0.3 is 0 Å². The zero-order valence-electron chi connectivity index (χ0n) is 6.76. The molecule has 1 unspecified atom stereocenters. The number of rotatable bonds is 2. The van der Waals surface area contributed by atoms with Gasteiger partial charge in [-0.15, -0.1) is 0 Å². The zero-order chi connectivity index (χ0) is 8.39. The van der Waals surface area contributed by atoms with Crippen LogP contribution in [-0.4, -0.2) is 5.33 Å². The van der Waals surface area contributed by atoms with Crippen LogP contribution in [0.2, 0.25) is 0 Å². The molecule has 1 aromatic rings. The Morgan fingerprint density at radius 2 is 2.42 bits per heavy atom. The fraction of sp³-hybridized carbons (Fsp3) is 0.273. The Balaban J connectivity index is 2.30. The van der Waals surface area contributed by atoms with Crippen LogP contribution in [0.4, 0.5) is 0 Å². The lowest BCUT2D eigenvalue weighted by molar-refractivity contribution is 0.830. The summed E-state index contributed by atoms with van der Waals surface area (Å²) in [5.41, 5.74) is 2.69. The van der Waals surface area contributed by atoms with Gasteiger partial charge in [0.25, 0.3) is 0 Å². The van der Waals surface area contributed by atoms with Crippen LogP contribution in [-0.2, 0) is 0 Å². The van der Waals surface area contributed by atoms with Crippen LogP contribution in [0.15, 0.2) is 24.3 Å². The first-order valence-electron chi connectivity index (χ1n) is 4.16. The van der Waals surface area contributed by atoms with Gasteiger partial charge in [-0.25, -0.2) is 0 Å². The van der Waals surface area contributed by atoms with Crippen LogP contribution in [0, 0.1) is 6.07 Å². The molecule has 0 aromatic heterocycles. The molecule has 0 amide bonds. The largest absolute Gasteiger partial charge is 0.0928 e. The third kappa shape index (κ3) is 1.34. The Kier molecular flexibility index (Phi) is 2.31. The van der Waals surface area contributed by atoms with E-state index in [1.807, 2.05) is 12.1 Å². The molecule has 0 fully saturated rings. The van der Waals surface area contributed by atoms with Crippen LogP contribution >= 0.6 is 15.9 Å². The molecule has 1 aliphatic carbocycles. The second-order valence-electron chi connectivity index (χ2n) is 2.98. The summed E-state index contributed by atoms with van der Waals surface area (Å²) in [6.07, 6.45) is 5.63. The predicted molar refractivity (Wildman–Crippen MR) is 55.5 cm³/mol. The van der Waals surface area contributed by atoms with Gasteiger partial charge in [-0.3, -0.25) is 0 Å². The third-order valence-electron chi connectivity index (χ3n) is 2.22. The van der Waals surface area contributed by atoms with Crippen molar-refractivity contribution in [1.82, 2.24) is 0 Å². The number of alkyl halides is 1. The summed E-state index contributed by atoms with van der Waals surface area (Å²) in [5, 5.41) is 1.06. The van der Waals surface area contributed by atoms with Gasteiger partial charge in [-0.05, 0) is 23.6 Å². The van der Waals surface area contributed by atoms with E-state index >= 15 is 0 Å². The second kappa shape index (κ2) is 3.44. The van der Waals surface area contributed by atoms with Gasteiger partial charge in [-0.2, -0.15) is 0 Å². The van der Waals surface area contributed by atoms with Crippen LogP contribution in [0.3, 0.4) is 0 Å². The quantitative estimate of drug-likeness (QED) is 0.673. The molecule has 0 bridgehead atoms. The Hall–Kier alpha value is -0.560. The van der Waals surface area contributed by atoms with Gasteiger partial charge < -0.3 is 0 Å². The Bertz CT molecular complexity index is 302. The topological polar surface area (TPSA) is 0 Å². The van der Waals surface area contributed by atoms with Crippen LogP contribution in [0.1, 0.15) is 23.5 Å². The smallest absolute Gasteiger partial charge is 0.00413 e. The molecule has 12 heavy (non-hydrogen) atoms. The maximum absolute atomic E-state index is 3.46. The zero-order valence-corrected chi connectivity index (χ0v) is 8.34. The highest BCUT2D eigenvalue weighted by Gasteiger charge is 2.15. The van der Waals surface area contributed by atoms with Gasteiger partial charge in [0, 0.05) is 11.2 Å². The predicted octanol–water partition coefficient (Wildman–Crippen LogP) is 3.38. The summed E-state index contributed by atoms with van der Waals surface area (Å²) in [6, 6.07) is 9.48. The summed E-state index contributed by atoms with van der Waals surface area (Å²) in [5.74, 6) is 0.584. The van der Waals surface area contributed by atoms with Gasteiger partial charge in [0.2, 0.25) is 0 Å². The van der Waals surface area contributed by atoms with E-state index in [-0.39, 0.29) is 0 Å². The van der Waals surface area contributed by atoms with Gasteiger partial charge in [-0.1, -0.05) is 46.3 Å². The molecule has 1 atom stereocenters. The minimum atomic E-state index is 0.584. The van der Waals surface area contributed by atoms with E-state index < -0.39 is 0 Å². The summed E-state index contributed by atoms with van der Waals surface area (Å²) in [7, 11) is 0. The van der Waals surface area contributed by atoms with Crippen LogP contribution in [0.5, 0.6) is 0 Å². The number of fused-ring (bicyclic) bond motifs is 1. The number of allylic oxidation sites excluding steroid dienone is 1. The lowest BCUT2D eigenvalue weighted by Crippen LogP contribution is -1.93. The number of benzene rings is 1. The molecule has 0 heterocycles. The average Bonchev–Trinajstić information content (AvgIpc) is 2.50. The van der Waals surface area contributed by atoms with Crippen molar-refractivity contribution in [3.8, 4) is 0 Å². The number of halogens is 1. The minimum Gasteiger partial charge on any atom is -0.0928 e. The highest BCUT2D eigenvalue weighted by Crippen LogP contribution is 2.31. The Morgan fingerprint density at radius 3 is 3.25 bits per heavy atom. The van der Waals surface area contributed by atoms with Crippen molar-refractivity contribution in [2.45, 2.75) is 12.3 Å². The Morgan fingerprint density at radius 1 is 1.50 bits per heavy atom. The standard InChI is InChI=1S/C11H10Br/c12-8-7-10-6-5-9-3-1-2-4-11(9)10/h1-3,5-6,10H,7-8H2. The molecular formula is C11H10Br. The Labute approximate surface area is 81.4 Å². The first-order valence-corrected chi connectivity index (χ1v) is 5.29. The van der Waals surface area contributed by atoms with E-state index in [1.165, 1.54) is 17.5 Å². The van der Waals surface area contributed by atoms with E-state index in [0.717, 1.165) is 5.33 Å². The molecule has 1 aliphatic rings.